The number of hydrogen-bond acceptors (Lipinski definition) is 8. The van der Waals surface area contributed by atoms with Gasteiger partial charge in [-0.1, -0.05) is 23.9 Å². The molecular weight excluding hydrogens is 464 g/mol. The number of anilines is 1. The lowest BCUT2D eigenvalue weighted by atomic mass is 10.2. The molecule has 10 heteroatoms. The lowest BCUT2D eigenvalue weighted by Gasteiger charge is -2.20. The van der Waals surface area contributed by atoms with Gasteiger partial charge in [0, 0.05) is 30.9 Å². The van der Waals surface area contributed by atoms with Crippen molar-refractivity contribution in [2.45, 2.75) is 32.5 Å². The molecule has 0 bridgehead atoms. The number of nitrogens with one attached hydrogen (secondary N) is 1. The monoisotopic (exact) mass is 496 g/mol. The largest absolute Gasteiger partial charge is 0.493 e. The van der Waals surface area contributed by atoms with E-state index >= 15 is 0 Å². The summed E-state index contributed by atoms with van der Waals surface area (Å²) in [5, 5.41) is 13.3. The normalized spacial score (nSPS) is 11.0. The van der Waals surface area contributed by atoms with E-state index in [-0.39, 0.29) is 11.7 Å². The first-order chi connectivity index (χ1) is 17.0. The molecule has 0 saturated heterocycles. The highest BCUT2D eigenvalue weighted by atomic mass is 32.2. The molecule has 0 spiro atoms. The molecule has 0 radical (unpaired) electrons. The maximum Gasteiger partial charge on any atom is 0.250 e. The van der Waals surface area contributed by atoms with Gasteiger partial charge in [-0.25, -0.2) is 5.43 Å². The average Bonchev–Trinajstić information content (AvgIpc) is 3.31. The Hall–Kier alpha value is -3.53. The van der Waals surface area contributed by atoms with Gasteiger partial charge in [-0.05, 0) is 56.7 Å². The summed E-state index contributed by atoms with van der Waals surface area (Å²) >= 11 is 1.31. The van der Waals surface area contributed by atoms with E-state index in [1.165, 1.54) is 17.4 Å². The van der Waals surface area contributed by atoms with Crippen LogP contribution >= 0.6 is 11.8 Å². The van der Waals surface area contributed by atoms with Crippen molar-refractivity contribution in [3.05, 3.63) is 48.0 Å². The van der Waals surface area contributed by atoms with Crippen molar-refractivity contribution in [1.29, 1.82) is 0 Å². The molecule has 0 saturated carbocycles. The quantitative estimate of drug-likeness (QED) is 0.229. The number of carbonyl (C=O) groups is 1. The zero-order chi connectivity index (χ0) is 25.2. The Morgan fingerprint density at radius 3 is 2.40 bits per heavy atom. The molecule has 1 N–H and O–H groups in total. The first-order valence-electron chi connectivity index (χ1n) is 11.5. The van der Waals surface area contributed by atoms with E-state index in [1.807, 2.05) is 41.8 Å². The van der Waals surface area contributed by atoms with Crippen molar-refractivity contribution < 1.29 is 14.3 Å². The smallest absolute Gasteiger partial charge is 0.250 e. The van der Waals surface area contributed by atoms with Crippen LogP contribution in [0.3, 0.4) is 0 Å². The van der Waals surface area contributed by atoms with Gasteiger partial charge in [0.15, 0.2) is 22.5 Å². The van der Waals surface area contributed by atoms with Crippen LogP contribution in [0.2, 0.25) is 0 Å². The molecule has 0 unspecified atom stereocenters. The van der Waals surface area contributed by atoms with Gasteiger partial charge in [0.1, 0.15) is 0 Å². The first-order valence-corrected chi connectivity index (χ1v) is 12.5. The van der Waals surface area contributed by atoms with Gasteiger partial charge in [-0.15, -0.1) is 10.2 Å². The van der Waals surface area contributed by atoms with Crippen molar-refractivity contribution in [2.24, 2.45) is 5.10 Å². The Kier molecular flexibility index (Phi) is 9.54. The Balaban J connectivity index is 1.59. The number of ether oxygens (including phenoxy) is 2. The molecule has 1 amide bonds. The summed E-state index contributed by atoms with van der Waals surface area (Å²) in [7, 11) is 3.19. The van der Waals surface area contributed by atoms with Gasteiger partial charge >= 0.3 is 0 Å². The van der Waals surface area contributed by atoms with Crippen LogP contribution in [0, 0.1) is 0 Å². The zero-order valence-electron chi connectivity index (χ0n) is 20.8. The van der Waals surface area contributed by atoms with Crippen molar-refractivity contribution >= 4 is 29.6 Å². The van der Waals surface area contributed by atoms with Crippen molar-refractivity contribution in [1.82, 2.24) is 20.2 Å². The van der Waals surface area contributed by atoms with E-state index in [0.29, 0.717) is 29.0 Å². The first kappa shape index (κ1) is 26.1. The fraction of sp³-hybridized carbons (Fsp3) is 0.360. The third-order valence-electron chi connectivity index (χ3n) is 5.43. The molecule has 0 atom stereocenters. The minimum atomic E-state index is -0.218. The second kappa shape index (κ2) is 12.8. The number of aromatic nitrogens is 3. The molecule has 0 aliphatic rings. The van der Waals surface area contributed by atoms with Gasteiger partial charge < -0.3 is 18.9 Å². The number of carbonyl (C=O) groups excluding carboxylic acids is 1. The molecule has 9 nitrogen and oxygen atoms in total. The molecule has 1 heterocycles. The van der Waals surface area contributed by atoms with Crippen molar-refractivity contribution in [3.8, 4) is 22.9 Å². The number of rotatable bonds is 12. The molecular formula is C25H32N6O3S. The molecule has 3 aromatic rings. The van der Waals surface area contributed by atoms with Crippen LogP contribution in [0.15, 0.2) is 52.7 Å². The van der Waals surface area contributed by atoms with Crippen LogP contribution in [-0.2, 0) is 11.3 Å². The Labute approximate surface area is 210 Å². The number of hydrazone groups is 1. The Morgan fingerprint density at radius 1 is 1.06 bits per heavy atom. The van der Waals surface area contributed by atoms with E-state index in [2.05, 4.69) is 51.6 Å². The maximum absolute atomic E-state index is 12.3. The SMILES string of the molecule is CCN(CC)c1ccc(C=NNC(=O)CSc2nnc(-c3ccc(OC)c(OC)c3)n2CC)cc1. The number of amides is 1. The van der Waals surface area contributed by atoms with Crippen LogP contribution in [0.4, 0.5) is 5.69 Å². The molecule has 186 valence electrons. The zero-order valence-corrected chi connectivity index (χ0v) is 21.6. The molecule has 1 aromatic heterocycles. The highest BCUT2D eigenvalue weighted by Gasteiger charge is 2.16. The number of thioether (sulfide) groups is 1. The summed E-state index contributed by atoms with van der Waals surface area (Å²) in [6, 6.07) is 13.7. The van der Waals surface area contributed by atoms with E-state index in [1.54, 1.807) is 20.4 Å². The van der Waals surface area contributed by atoms with Crippen molar-refractivity contribution in [2.75, 3.05) is 38.0 Å². The number of benzene rings is 2. The number of hydrogen-bond donors (Lipinski definition) is 1. The van der Waals surface area contributed by atoms with Gasteiger partial charge in [0.05, 0.1) is 26.2 Å². The lowest BCUT2D eigenvalue weighted by molar-refractivity contribution is -0.118. The highest BCUT2D eigenvalue weighted by Crippen LogP contribution is 2.32. The third kappa shape index (κ3) is 6.54. The summed E-state index contributed by atoms with van der Waals surface area (Å²) < 4.78 is 12.7. The van der Waals surface area contributed by atoms with Gasteiger partial charge in [-0.3, -0.25) is 4.79 Å². The predicted molar refractivity (Wildman–Crippen MR) is 141 cm³/mol. The van der Waals surface area contributed by atoms with Crippen LogP contribution in [0.25, 0.3) is 11.4 Å². The summed E-state index contributed by atoms with van der Waals surface area (Å²) in [6.45, 7) is 8.84. The second-order valence-corrected chi connectivity index (χ2v) is 8.41. The summed E-state index contributed by atoms with van der Waals surface area (Å²) in [6.07, 6.45) is 1.64. The molecule has 0 aliphatic carbocycles. The Bertz CT molecular complexity index is 1140. The van der Waals surface area contributed by atoms with Crippen LogP contribution in [0.5, 0.6) is 11.5 Å². The Morgan fingerprint density at radius 2 is 1.77 bits per heavy atom. The second-order valence-electron chi connectivity index (χ2n) is 7.47. The van der Waals surface area contributed by atoms with Gasteiger partial charge in [0.25, 0.3) is 5.91 Å². The lowest BCUT2D eigenvalue weighted by Crippen LogP contribution is -2.21. The minimum absolute atomic E-state index is 0.169. The van der Waals surface area contributed by atoms with E-state index in [9.17, 15) is 4.79 Å². The number of methoxy groups -OCH3 is 2. The van der Waals surface area contributed by atoms with E-state index in [0.717, 1.165) is 24.2 Å². The van der Waals surface area contributed by atoms with Crippen LogP contribution in [0.1, 0.15) is 26.3 Å². The van der Waals surface area contributed by atoms with Gasteiger partial charge in [0.2, 0.25) is 0 Å². The van der Waals surface area contributed by atoms with Gasteiger partial charge in [-0.2, -0.15) is 5.10 Å². The topological polar surface area (TPSA) is 93.9 Å². The maximum atomic E-state index is 12.3. The average molecular weight is 497 g/mol. The number of nitrogens with zero attached hydrogens (tertiary/aromatic N) is 5. The van der Waals surface area contributed by atoms with E-state index in [4.69, 9.17) is 9.47 Å². The summed E-state index contributed by atoms with van der Waals surface area (Å²) in [5.41, 5.74) is 5.51. The minimum Gasteiger partial charge on any atom is -0.493 e. The van der Waals surface area contributed by atoms with Crippen LogP contribution in [-0.4, -0.2) is 59.9 Å². The third-order valence-corrected chi connectivity index (χ3v) is 6.40. The summed E-state index contributed by atoms with van der Waals surface area (Å²) in [4.78, 5) is 14.6. The predicted octanol–water partition coefficient (Wildman–Crippen LogP) is 4.07. The highest BCUT2D eigenvalue weighted by molar-refractivity contribution is 7.99. The van der Waals surface area contributed by atoms with Crippen molar-refractivity contribution in [3.63, 3.8) is 0 Å². The molecule has 35 heavy (non-hydrogen) atoms. The molecule has 3 rings (SSSR count). The fourth-order valence-corrected chi connectivity index (χ4v) is 4.37. The molecule has 0 fully saturated rings. The van der Waals surface area contributed by atoms with E-state index < -0.39 is 0 Å². The molecule has 0 aliphatic heterocycles. The summed E-state index contributed by atoms with van der Waals surface area (Å²) in [5.74, 6) is 1.91. The molecule has 2 aromatic carbocycles. The van der Waals surface area contributed by atoms with Crippen LogP contribution < -0.4 is 19.8 Å². The fourth-order valence-electron chi connectivity index (χ4n) is 3.57. The standard InChI is InChI=1S/C25H32N6O3S/c1-6-30(7-2)20-12-9-18(10-13-20)16-26-27-23(32)17-35-25-29-28-24(31(25)8-3)19-11-14-21(33-4)22(15-19)34-5/h9-16H,6-8,17H2,1-5H3,(H,27,32).